The first kappa shape index (κ1) is 23.2. The number of amides is 2. The number of hydrogen-bond acceptors (Lipinski definition) is 9. The van der Waals surface area contributed by atoms with Crippen molar-refractivity contribution in [3.63, 3.8) is 0 Å². The Bertz CT molecular complexity index is 1260. The Morgan fingerprint density at radius 3 is 2.62 bits per heavy atom. The number of sulfonamides is 1. The van der Waals surface area contributed by atoms with Crippen LogP contribution in [0.1, 0.15) is 15.9 Å². The zero-order chi connectivity index (χ0) is 23.3. The van der Waals surface area contributed by atoms with Crippen molar-refractivity contribution in [3.8, 4) is 11.4 Å². The van der Waals surface area contributed by atoms with Gasteiger partial charge in [0.1, 0.15) is 5.75 Å². The SMILES string of the molecule is COc1ccc(S(N)(=O)=O)cc1C(=O)NNC(=O)CSc1nnnn1-c1ccccc1C. The molecular formula is C18H19N7O5S2. The molecule has 4 N–H and O–H groups in total. The van der Waals surface area contributed by atoms with Gasteiger partial charge in [-0.1, -0.05) is 30.0 Å². The van der Waals surface area contributed by atoms with Crippen LogP contribution in [0.15, 0.2) is 52.5 Å². The maximum atomic E-state index is 12.4. The van der Waals surface area contributed by atoms with Crippen LogP contribution in [0.2, 0.25) is 0 Å². The van der Waals surface area contributed by atoms with Gasteiger partial charge in [-0.3, -0.25) is 20.4 Å². The minimum atomic E-state index is -4.03. The number of hydrogen-bond donors (Lipinski definition) is 3. The summed E-state index contributed by atoms with van der Waals surface area (Å²) < 4.78 is 29.6. The molecule has 0 radical (unpaired) electrons. The lowest BCUT2D eigenvalue weighted by molar-refractivity contribution is -0.119. The van der Waals surface area contributed by atoms with Crippen molar-refractivity contribution in [2.45, 2.75) is 17.0 Å². The highest BCUT2D eigenvalue weighted by Crippen LogP contribution is 2.22. The van der Waals surface area contributed by atoms with E-state index >= 15 is 0 Å². The average Bonchev–Trinajstić information content (AvgIpc) is 3.23. The Kier molecular flexibility index (Phi) is 7.07. The fourth-order valence-electron chi connectivity index (χ4n) is 2.62. The van der Waals surface area contributed by atoms with Crippen molar-refractivity contribution in [2.24, 2.45) is 5.14 Å². The van der Waals surface area contributed by atoms with Crippen LogP contribution in [-0.2, 0) is 14.8 Å². The van der Waals surface area contributed by atoms with Gasteiger partial charge in [-0.05, 0) is 47.2 Å². The van der Waals surface area contributed by atoms with Gasteiger partial charge < -0.3 is 4.74 Å². The Labute approximate surface area is 187 Å². The number of primary sulfonamides is 1. The Morgan fingerprint density at radius 2 is 1.94 bits per heavy atom. The van der Waals surface area contributed by atoms with Crippen LogP contribution in [0.5, 0.6) is 5.75 Å². The smallest absolute Gasteiger partial charge is 0.273 e. The molecule has 0 saturated heterocycles. The molecular weight excluding hydrogens is 458 g/mol. The van der Waals surface area contributed by atoms with Gasteiger partial charge in [-0.25, -0.2) is 13.6 Å². The number of hydrazine groups is 1. The highest BCUT2D eigenvalue weighted by atomic mass is 32.2. The number of nitrogens with zero attached hydrogens (tertiary/aromatic N) is 4. The number of carbonyl (C=O) groups is 2. The molecule has 1 aromatic heterocycles. The second-order valence-corrected chi connectivity index (χ2v) is 8.86. The molecule has 0 spiro atoms. The topological polar surface area (TPSA) is 171 Å². The molecule has 0 unspecified atom stereocenters. The number of nitrogens with two attached hydrogens (primary N) is 1. The number of nitrogens with one attached hydrogen (secondary N) is 2. The monoisotopic (exact) mass is 477 g/mol. The third-order valence-electron chi connectivity index (χ3n) is 4.18. The van der Waals surface area contributed by atoms with Crippen LogP contribution in [0.4, 0.5) is 0 Å². The molecule has 2 amide bonds. The maximum absolute atomic E-state index is 12.4. The largest absolute Gasteiger partial charge is 0.496 e. The van der Waals surface area contributed by atoms with Crippen molar-refractivity contribution < 1.29 is 22.7 Å². The summed E-state index contributed by atoms with van der Waals surface area (Å²) in [4.78, 5) is 24.4. The highest BCUT2D eigenvalue weighted by molar-refractivity contribution is 7.99. The van der Waals surface area contributed by atoms with E-state index in [2.05, 4.69) is 26.4 Å². The van der Waals surface area contributed by atoms with Gasteiger partial charge in [-0.15, -0.1) is 5.10 Å². The predicted molar refractivity (Wildman–Crippen MR) is 115 cm³/mol. The van der Waals surface area contributed by atoms with E-state index in [-0.39, 0.29) is 22.0 Å². The lowest BCUT2D eigenvalue weighted by atomic mass is 10.2. The average molecular weight is 478 g/mol. The summed E-state index contributed by atoms with van der Waals surface area (Å²) in [5.74, 6) is -1.31. The van der Waals surface area contributed by atoms with Gasteiger partial charge in [-0.2, -0.15) is 4.68 Å². The summed E-state index contributed by atoms with van der Waals surface area (Å²) in [6.45, 7) is 1.91. The van der Waals surface area contributed by atoms with Gasteiger partial charge in [0.05, 0.1) is 29.0 Å². The summed E-state index contributed by atoms with van der Waals surface area (Å²) in [5.41, 5.74) is 6.07. The molecule has 0 fully saturated rings. The van der Waals surface area contributed by atoms with E-state index in [1.54, 1.807) is 0 Å². The number of methoxy groups -OCH3 is 1. The number of aryl methyl sites for hydroxylation is 1. The van der Waals surface area contributed by atoms with Crippen LogP contribution >= 0.6 is 11.8 Å². The Hall–Kier alpha value is -3.49. The fraction of sp³-hybridized carbons (Fsp3) is 0.167. The van der Waals surface area contributed by atoms with Gasteiger partial charge in [0, 0.05) is 0 Å². The Morgan fingerprint density at radius 1 is 1.19 bits per heavy atom. The van der Waals surface area contributed by atoms with Crippen LogP contribution < -0.4 is 20.7 Å². The molecule has 0 atom stereocenters. The van der Waals surface area contributed by atoms with E-state index in [0.717, 1.165) is 29.1 Å². The van der Waals surface area contributed by atoms with Crippen molar-refractivity contribution in [1.29, 1.82) is 0 Å². The van der Waals surface area contributed by atoms with E-state index in [1.807, 2.05) is 31.2 Å². The van der Waals surface area contributed by atoms with E-state index in [4.69, 9.17) is 9.88 Å². The van der Waals surface area contributed by atoms with E-state index in [1.165, 1.54) is 23.9 Å². The molecule has 1 heterocycles. The molecule has 3 aromatic rings. The lowest BCUT2D eigenvalue weighted by Gasteiger charge is -2.11. The van der Waals surface area contributed by atoms with Crippen molar-refractivity contribution in [3.05, 3.63) is 53.6 Å². The van der Waals surface area contributed by atoms with Gasteiger partial charge >= 0.3 is 0 Å². The molecule has 0 aliphatic rings. The number of para-hydroxylation sites is 1. The third-order valence-corrected chi connectivity index (χ3v) is 6.01. The molecule has 12 nitrogen and oxygen atoms in total. The lowest BCUT2D eigenvalue weighted by Crippen LogP contribution is -2.42. The summed E-state index contributed by atoms with van der Waals surface area (Å²) in [7, 11) is -2.71. The standard InChI is InChI=1S/C18H19N7O5S2/c1-11-5-3-4-6-14(11)25-18(22-23-24-25)31-10-16(26)20-21-17(27)13-9-12(32(19,28)29)7-8-15(13)30-2/h3-9H,10H2,1-2H3,(H,20,26)(H,21,27)(H2,19,28,29). The first-order valence-electron chi connectivity index (χ1n) is 8.98. The van der Waals surface area contributed by atoms with E-state index in [9.17, 15) is 18.0 Å². The summed E-state index contributed by atoms with van der Waals surface area (Å²) in [5, 5.41) is 17.0. The molecule has 0 aliphatic heterocycles. The Balaban J connectivity index is 1.63. The number of ether oxygens (including phenoxy) is 1. The highest BCUT2D eigenvalue weighted by Gasteiger charge is 2.18. The zero-order valence-corrected chi connectivity index (χ0v) is 18.6. The molecule has 0 saturated carbocycles. The fourth-order valence-corrected chi connectivity index (χ4v) is 3.85. The maximum Gasteiger partial charge on any atom is 0.273 e. The third kappa shape index (κ3) is 5.40. The van der Waals surface area contributed by atoms with Crippen LogP contribution in [0.25, 0.3) is 5.69 Å². The van der Waals surface area contributed by atoms with Crippen molar-refractivity contribution in [2.75, 3.05) is 12.9 Å². The molecule has 0 aliphatic carbocycles. The normalized spacial score (nSPS) is 11.1. The minimum absolute atomic E-state index is 0.0963. The van der Waals surface area contributed by atoms with Gasteiger partial charge in [0.2, 0.25) is 21.1 Å². The van der Waals surface area contributed by atoms with E-state index in [0.29, 0.717) is 5.16 Å². The first-order chi connectivity index (χ1) is 15.2. The predicted octanol–water partition coefficient (Wildman–Crippen LogP) is 0.180. The summed E-state index contributed by atoms with van der Waals surface area (Å²) in [6, 6.07) is 11.0. The van der Waals surface area contributed by atoms with E-state index < -0.39 is 21.8 Å². The number of aromatic nitrogens is 4. The quantitative estimate of drug-likeness (QED) is 0.317. The number of rotatable bonds is 7. The number of thioether (sulfide) groups is 1. The molecule has 14 heteroatoms. The van der Waals surface area contributed by atoms with Crippen molar-refractivity contribution in [1.82, 2.24) is 31.1 Å². The molecule has 168 valence electrons. The first-order valence-corrected chi connectivity index (χ1v) is 11.5. The van der Waals surface area contributed by atoms with Crippen LogP contribution in [-0.4, -0.2) is 53.3 Å². The number of benzene rings is 2. The number of tetrazole rings is 1. The second kappa shape index (κ2) is 9.76. The molecule has 2 aromatic carbocycles. The zero-order valence-electron chi connectivity index (χ0n) is 17.0. The summed E-state index contributed by atoms with van der Waals surface area (Å²) >= 11 is 1.07. The van der Waals surface area contributed by atoms with Crippen LogP contribution in [0, 0.1) is 6.92 Å². The van der Waals surface area contributed by atoms with Gasteiger partial charge in [0.15, 0.2) is 0 Å². The molecule has 3 rings (SSSR count). The molecule has 0 bridgehead atoms. The van der Waals surface area contributed by atoms with Crippen LogP contribution in [0.3, 0.4) is 0 Å². The van der Waals surface area contributed by atoms with Crippen molar-refractivity contribution >= 4 is 33.6 Å². The second-order valence-electron chi connectivity index (χ2n) is 6.36. The molecule has 32 heavy (non-hydrogen) atoms. The number of carbonyl (C=O) groups excluding carboxylic acids is 2. The van der Waals surface area contributed by atoms with Gasteiger partial charge in [0.25, 0.3) is 5.91 Å². The minimum Gasteiger partial charge on any atom is -0.496 e. The summed E-state index contributed by atoms with van der Waals surface area (Å²) in [6.07, 6.45) is 0.